The summed E-state index contributed by atoms with van der Waals surface area (Å²) in [6.45, 7) is 0.198. The van der Waals surface area contributed by atoms with E-state index in [1.54, 1.807) is 23.0 Å². The highest BCUT2D eigenvalue weighted by atomic mass is 35.5. The van der Waals surface area contributed by atoms with Crippen molar-refractivity contribution in [3.8, 4) is 0 Å². The quantitative estimate of drug-likeness (QED) is 0.746. The van der Waals surface area contributed by atoms with Crippen LogP contribution in [0.15, 0.2) is 35.4 Å². The fourth-order valence-electron chi connectivity index (χ4n) is 3.47. The van der Waals surface area contributed by atoms with Gasteiger partial charge in [0.2, 0.25) is 5.91 Å². The van der Waals surface area contributed by atoms with Crippen LogP contribution in [-0.4, -0.2) is 20.1 Å². The highest BCUT2D eigenvalue weighted by molar-refractivity contribution is 6.31. The Morgan fingerprint density at radius 2 is 2.07 bits per heavy atom. The molecule has 8 heteroatoms. The molecular formula is C19H18ClFN4O2. The minimum Gasteiger partial charge on any atom is -0.323 e. The molecule has 0 saturated carbocycles. The van der Waals surface area contributed by atoms with Gasteiger partial charge >= 0.3 is 0 Å². The number of rotatable bonds is 4. The van der Waals surface area contributed by atoms with Crippen LogP contribution < -0.4 is 10.9 Å². The summed E-state index contributed by atoms with van der Waals surface area (Å²) in [5.41, 5.74) is 2.47. The standard InChI is InChI=1S/C19H18ClFN4O2/c20-13-5-3-7-15(17(13)21)22-16(26)8-9-24-10-11-25-18(19(24)27)12-4-1-2-6-14(12)23-25/h3,5,7,10-11H,1-2,4,6,8-9H2,(H,22,26). The average Bonchev–Trinajstić information content (AvgIpc) is 3.04. The van der Waals surface area contributed by atoms with Gasteiger partial charge in [0, 0.05) is 30.9 Å². The van der Waals surface area contributed by atoms with Gasteiger partial charge in [0.05, 0.1) is 16.4 Å². The Kier molecular flexibility index (Phi) is 4.70. The molecule has 27 heavy (non-hydrogen) atoms. The number of aromatic nitrogens is 3. The third-order valence-corrected chi connectivity index (χ3v) is 5.13. The van der Waals surface area contributed by atoms with Crippen molar-refractivity contribution in [1.82, 2.24) is 14.2 Å². The smallest absolute Gasteiger partial charge is 0.276 e. The molecule has 140 valence electrons. The number of halogens is 2. The van der Waals surface area contributed by atoms with Gasteiger partial charge in [-0.3, -0.25) is 9.59 Å². The highest BCUT2D eigenvalue weighted by Gasteiger charge is 2.19. The summed E-state index contributed by atoms with van der Waals surface area (Å²) in [4.78, 5) is 25.0. The Balaban J connectivity index is 1.52. The molecule has 1 N–H and O–H groups in total. The van der Waals surface area contributed by atoms with E-state index >= 15 is 0 Å². The second kappa shape index (κ2) is 7.15. The number of amides is 1. The highest BCUT2D eigenvalue weighted by Crippen LogP contribution is 2.23. The molecule has 2 heterocycles. The van der Waals surface area contributed by atoms with E-state index < -0.39 is 11.7 Å². The molecule has 0 aliphatic heterocycles. The van der Waals surface area contributed by atoms with Crippen molar-refractivity contribution in [2.75, 3.05) is 5.32 Å². The molecule has 4 rings (SSSR count). The number of hydrogen-bond donors (Lipinski definition) is 1. The number of benzene rings is 1. The Bertz CT molecular complexity index is 1090. The van der Waals surface area contributed by atoms with Crippen LogP contribution in [0.5, 0.6) is 0 Å². The van der Waals surface area contributed by atoms with Crippen molar-refractivity contribution in [1.29, 1.82) is 0 Å². The number of anilines is 1. The second-order valence-corrected chi connectivity index (χ2v) is 7.03. The minimum absolute atomic E-state index is 0.0279. The van der Waals surface area contributed by atoms with Crippen LogP contribution in [0.2, 0.25) is 5.02 Å². The minimum atomic E-state index is -0.669. The van der Waals surface area contributed by atoms with Crippen molar-refractivity contribution in [3.63, 3.8) is 0 Å². The maximum atomic E-state index is 13.9. The molecule has 1 amide bonds. The van der Waals surface area contributed by atoms with Crippen LogP contribution in [0, 0.1) is 5.82 Å². The van der Waals surface area contributed by atoms with Crippen LogP contribution in [0.1, 0.15) is 30.5 Å². The largest absolute Gasteiger partial charge is 0.323 e. The molecule has 0 saturated heterocycles. The van der Waals surface area contributed by atoms with E-state index in [2.05, 4.69) is 10.4 Å². The number of fused-ring (bicyclic) bond motifs is 3. The van der Waals surface area contributed by atoms with Crippen molar-refractivity contribution >= 4 is 28.7 Å². The monoisotopic (exact) mass is 388 g/mol. The lowest BCUT2D eigenvalue weighted by molar-refractivity contribution is -0.116. The maximum Gasteiger partial charge on any atom is 0.276 e. The predicted octanol–water partition coefficient (Wildman–Crippen LogP) is 3.20. The first-order valence-electron chi connectivity index (χ1n) is 8.88. The predicted molar refractivity (Wildman–Crippen MR) is 101 cm³/mol. The molecule has 0 fully saturated rings. The zero-order chi connectivity index (χ0) is 19.0. The summed E-state index contributed by atoms with van der Waals surface area (Å²) in [5, 5.41) is 6.93. The van der Waals surface area contributed by atoms with E-state index in [9.17, 15) is 14.0 Å². The van der Waals surface area contributed by atoms with E-state index in [4.69, 9.17) is 11.6 Å². The molecule has 1 aliphatic carbocycles. The third-order valence-electron chi connectivity index (χ3n) is 4.84. The molecule has 0 radical (unpaired) electrons. The molecule has 6 nitrogen and oxygen atoms in total. The lowest BCUT2D eigenvalue weighted by Crippen LogP contribution is -2.25. The van der Waals surface area contributed by atoms with Gasteiger partial charge < -0.3 is 9.88 Å². The van der Waals surface area contributed by atoms with Crippen LogP contribution in [0.4, 0.5) is 10.1 Å². The molecular weight excluding hydrogens is 371 g/mol. The van der Waals surface area contributed by atoms with Crippen LogP contribution >= 0.6 is 11.6 Å². The first-order chi connectivity index (χ1) is 13.0. The van der Waals surface area contributed by atoms with E-state index in [0.29, 0.717) is 5.52 Å². The normalized spacial score (nSPS) is 13.6. The summed E-state index contributed by atoms with van der Waals surface area (Å²) in [6.07, 6.45) is 7.29. The van der Waals surface area contributed by atoms with E-state index in [-0.39, 0.29) is 29.2 Å². The topological polar surface area (TPSA) is 68.4 Å². The Hall–Kier alpha value is -2.67. The first-order valence-corrected chi connectivity index (χ1v) is 9.26. The Labute approximate surface area is 159 Å². The van der Waals surface area contributed by atoms with Gasteiger partial charge in [0.15, 0.2) is 5.82 Å². The van der Waals surface area contributed by atoms with Gasteiger partial charge in [-0.05, 0) is 37.8 Å². The SMILES string of the molecule is O=C(CCn1ccn2nc3c(c2c1=O)CCCC3)Nc1cccc(Cl)c1F. The molecule has 1 aromatic carbocycles. The van der Waals surface area contributed by atoms with Crippen LogP contribution in [0.25, 0.3) is 5.52 Å². The van der Waals surface area contributed by atoms with Crippen LogP contribution in [0.3, 0.4) is 0 Å². The number of nitrogens with zero attached hydrogens (tertiary/aromatic N) is 3. The summed E-state index contributed by atoms with van der Waals surface area (Å²) < 4.78 is 17.0. The Morgan fingerprint density at radius 3 is 2.93 bits per heavy atom. The van der Waals surface area contributed by atoms with Crippen molar-refractivity contribution < 1.29 is 9.18 Å². The maximum absolute atomic E-state index is 13.9. The van der Waals surface area contributed by atoms with Gasteiger partial charge in [-0.15, -0.1) is 0 Å². The lowest BCUT2D eigenvalue weighted by Gasteiger charge is -2.10. The first kappa shape index (κ1) is 17.7. The van der Waals surface area contributed by atoms with Gasteiger partial charge in [-0.2, -0.15) is 5.10 Å². The molecule has 0 bridgehead atoms. The van der Waals surface area contributed by atoms with Crippen LogP contribution in [-0.2, 0) is 24.2 Å². The van der Waals surface area contributed by atoms with Crippen molar-refractivity contribution in [2.24, 2.45) is 0 Å². The molecule has 0 spiro atoms. The fourth-order valence-corrected chi connectivity index (χ4v) is 3.64. The number of carbonyl (C=O) groups is 1. The number of hydrogen-bond acceptors (Lipinski definition) is 3. The molecule has 2 aromatic heterocycles. The summed E-state index contributed by atoms with van der Waals surface area (Å²) >= 11 is 5.71. The molecule has 1 aliphatic rings. The van der Waals surface area contributed by atoms with E-state index in [1.165, 1.54) is 16.7 Å². The van der Waals surface area contributed by atoms with E-state index in [0.717, 1.165) is 36.9 Å². The third kappa shape index (κ3) is 3.35. The van der Waals surface area contributed by atoms with Gasteiger partial charge in [-0.1, -0.05) is 17.7 Å². The zero-order valence-electron chi connectivity index (χ0n) is 14.5. The lowest BCUT2D eigenvalue weighted by atomic mass is 9.97. The van der Waals surface area contributed by atoms with Gasteiger partial charge in [-0.25, -0.2) is 8.91 Å². The van der Waals surface area contributed by atoms with Crippen molar-refractivity contribution in [3.05, 3.63) is 63.0 Å². The van der Waals surface area contributed by atoms with Gasteiger partial charge in [0.1, 0.15) is 5.52 Å². The number of nitrogens with one attached hydrogen (secondary N) is 1. The van der Waals surface area contributed by atoms with Crippen molar-refractivity contribution in [2.45, 2.75) is 38.6 Å². The summed E-state index contributed by atoms with van der Waals surface area (Å²) in [7, 11) is 0. The number of aryl methyl sites for hydroxylation is 3. The average molecular weight is 389 g/mol. The summed E-state index contributed by atoms with van der Waals surface area (Å²) in [5.74, 6) is -1.06. The molecule has 3 aromatic rings. The number of carbonyl (C=O) groups excluding carboxylic acids is 1. The summed E-state index contributed by atoms with van der Waals surface area (Å²) in [6, 6.07) is 4.41. The van der Waals surface area contributed by atoms with E-state index in [1.807, 2.05) is 0 Å². The molecule has 0 unspecified atom stereocenters. The fraction of sp³-hybridized carbons (Fsp3) is 0.316. The molecule has 0 atom stereocenters. The Morgan fingerprint density at radius 1 is 1.26 bits per heavy atom. The van der Waals surface area contributed by atoms with Gasteiger partial charge in [0.25, 0.3) is 5.56 Å². The zero-order valence-corrected chi connectivity index (χ0v) is 15.3. The second-order valence-electron chi connectivity index (χ2n) is 6.62.